The lowest BCUT2D eigenvalue weighted by Gasteiger charge is -2.15. The maximum Gasteiger partial charge on any atom is 0.377 e. The summed E-state index contributed by atoms with van der Waals surface area (Å²) in [7, 11) is 1.29. The fraction of sp³-hybridized carbons (Fsp3) is 0.357. The third-order valence-corrected chi connectivity index (χ3v) is 3.41. The molecule has 6 nitrogen and oxygen atoms in total. The third-order valence-electron chi connectivity index (χ3n) is 3.09. The molecular formula is C14H17ClN4O2. The molecule has 2 aromatic rings. The summed E-state index contributed by atoms with van der Waals surface area (Å²) in [4.78, 5) is 15.2. The molecule has 0 saturated carbocycles. The van der Waals surface area contributed by atoms with Crippen LogP contribution in [0.1, 0.15) is 36.1 Å². The molecule has 0 spiro atoms. The first kappa shape index (κ1) is 15.5. The van der Waals surface area contributed by atoms with Crippen molar-refractivity contribution in [3.05, 3.63) is 40.9 Å². The van der Waals surface area contributed by atoms with Crippen molar-refractivity contribution in [1.82, 2.24) is 20.1 Å². The Balaban J connectivity index is 2.27. The summed E-state index contributed by atoms with van der Waals surface area (Å²) < 4.78 is 6.06. The number of benzene rings is 1. The first-order chi connectivity index (χ1) is 10.1. The van der Waals surface area contributed by atoms with E-state index in [1.165, 1.54) is 18.1 Å². The van der Waals surface area contributed by atoms with E-state index in [2.05, 4.69) is 27.1 Å². The lowest BCUT2D eigenvalue weighted by molar-refractivity contribution is 0.0587. The smallest absolute Gasteiger partial charge is 0.377 e. The van der Waals surface area contributed by atoms with E-state index < -0.39 is 5.97 Å². The molecule has 1 N–H and O–H groups in total. The predicted octanol–water partition coefficient (Wildman–Crippen LogP) is 2.38. The van der Waals surface area contributed by atoms with Crippen LogP contribution in [0.5, 0.6) is 0 Å². The van der Waals surface area contributed by atoms with Crippen molar-refractivity contribution in [2.75, 3.05) is 13.7 Å². The highest BCUT2D eigenvalue weighted by Crippen LogP contribution is 2.25. The van der Waals surface area contributed by atoms with Gasteiger partial charge in [0.15, 0.2) is 0 Å². The molecule has 0 aliphatic heterocycles. The number of esters is 1. The number of nitrogens with one attached hydrogen (secondary N) is 1. The van der Waals surface area contributed by atoms with Gasteiger partial charge < -0.3 is 10.1 Å². The summed E-state index contributed by atoms with van der Waals surface area (Å²) in [5, 5.41) is 8.00. The van der Waals surface area contributed by atoms with Gasteiger partial charge >= 0.3 is 5.97 Å². The molecule has 112 valence electrons. The van der Waals surface area contributed by atoms with E-state index >= 15 is 0 Å². The number of carbonyl (C=O) groups excluding carboxylic acids is 1. The van der Waals surface area contributed by atoms with Crippen LogP contribution in [0.3, 0.4) is 0 Å². The standard InChI is InChI=1S/C14H17ClN4O2/c1-4-16-9(2)11-6-5-10(7-12(11)15)19-8-17-13(18-19)14(20)21-3/h5-9,16H,4H2,1-3H3. The molecule has 0 amide bonds. The Morgan fingerprint density at radius 2 is 2.29 bits per heavy atom. The molecule has 0 radical (unpaired) electrons. The summed E-state index contributed by atoms with van der Waals surface area (Å²) in [5.74, 6) is -0.559. The first-order valence-corrected chi connectivity index (χ1v) is 6.97. The fourth-order valence-electron chi connectivity index (χ4n) is 2.00. The molecule has 21 heavy (non-hydrogen) atoms. The van der Waals surface area contributed by atoms with E-state index in [-0.39, 0.29) is 11.9 Å². The van der Waals surface area contributed by atoms with Gasteiger partial charge in [0.2, 0.25) is 0 Å². The van der Waals surface area contributed by atoms with Crippen molar-refractivity contribution in [2.24, 2.45) is 0 Å². The van der Waals surface area contributed by atoms with E-state index in [0.29, 0.717) is 5.02 Å². The van der Waals surface area contributed by atoms with Crippen LogP contribution >= 0.6 is 11.6 Å². The maximum absolute atomic E-state index is 11.3. The minimum Gasteiger partial charge on any atom is -0.463 e. The summed E-state index contributed by atoms with van der Waals surface area (Å²) in [6.45, 7) is 4.96. The monoisotopic (exact) mass is 308 g/mol. The van der Waals surface area contributed by atoms with Crippen LogP contribution in [0, 0.1) is 0 Å². The molecule has 0 aliphatic carbocycles. The minimum atomic E-state index is -0.572. The van der Waals surface area contributed by atoms with Crippen LogP contribution in [0.15, 0.2) is 24.5 Å². The topological polar surface area (TPSA) is 69.0 Å². The Morgan fingerprint density at radius 3 is 2.90 bits per heavy atom. The van der Waals surface area contributed by atoms with Crippen LogP contribution in [-0.2, 0) is 4.74 Å². The largest absolute Gasteiger partial charge is 0.463 e. The van der Waals surface area contributed by atoms with E-state index in [1.54, 1.807) is 6.07 Å². The molecule has 2 rings (SSSR count). The number of hydrogen-bond acceptors (Lipinski definition) is 5. The average molecular weight is 309 g/mol. The SMILES string of the molecule is CCNC(C)c1ccc(-n2cnc(C(=O)OC)n2)cc1Cl. The van der Waals surface area contributed by atoms with Gasteiger partial charge in [-0.1, -0.05) is 24.6 Å². The van der Waals surface area contributed by atoms with Crippen molar-refractivity contribution in [1.29, 1.82) is 0 Å². The normalized spacial score (nSPS) is 12.2. The Morgan fingerprint density at radius 1 is 1.52 bits per heavy atom. The molecule has 0 saturated heterocycles. The average Bonchev–Trinajstić information content (AvgIpc) is 2.96. The molecule has 1 heterocycles. The van der Waals surface area contributed by atoms with Crippen molar-refractivity contribution >= 4 is 17.6 Å². The second-order valence-electron chi connectivity index (χ2n) is 4.49. The number of hydrogen-bond donors (Lipinski definition) is 1. The lowest BCUT2D eigenvalue weighted by Crippen LogP contribution is -2.18. The van der Waals surface area contributed by atoms with Gasteiger partial charge in [0.1, 0.15) is 6.33 Å². The van der Waals surface area contributed by atoms with Crippen molar-refractivity contribution in [2.45, 2.75) is 19.9 Å². The van der Waals surface area contributed by atoms with Crippen LogP contribution in [0.25, 0.3) is 5.69 Å². The van der Waals surface area contributed by atoms with E-state index in [0.717, 1.165) is 17.8 Å². The minimum absolute atomic E-state index is 0.0127. The number of rotatable bonds is 5. The number of ether oxygens (including phenoxy) is 1. The van der Waals surface area contributed by atoms with Crippen LogP contribution < -0.4 is 5.32 Å². The quantitative estimate of drug-likeness (QED) is 0.859. The fourth-order valence-corrected chi connectivity index (χ4v) is 2.34. The Labute approximate surface area is 128 Å². The Kier molecular flexibility index (Phi) is 4.93. The summed E-state index contributed by atoms with van der Waals surface area (Å²) in [6.07, 6.45) is 1.45. The molecule has 0 fully saturated rings. The Hall–Kier alpha value is -1.92. The summed E-state index contributed by atoms with van der Waals surface area (Å²) >= 11 is 6.31. The van der Waals surface area contributed by atoms with Gasteiger partial charge in [-0.25, -0.2) is 14.5 Å². The van der Waals surface area contributed by atoms with E-state index in [9.17, 15) is 4.79 Å². The maximum atomic E-state index is 11.3. The van der Waals surface area contributed by atoms with Gasteiger partial charge in [0.05, 0.1) is 12.8 Å². The zero-order valence-electron chi connectivity index (χ0n) is 12.1. The molecule has 0 aliphatic rings. The molecule has 1 unspecified atom stereocenters. The predicted molar refractivity (Wildman–Crippen MR) is 79.8 cm³/mol. The second kappa shape index (κ2) is 6.69. The van der Waals surface area contributed by atoms with Gasteiger partial charge in [-0.3, -0.25) is 0 Å². The Bertz CT molecular complexity index is 642. The van der Waals surface area contributed by atoms with Crippen molar-refractivity contribution in [3.63, 3.8) is 0 Å². The number of nitrogens with zero attached hydrogens (tertiary/aromatic N) is 3. The first-order valence-electron chi connectivity index (χ1n) is 6.60. The summed E-state index contributed by atoms with van der Waals surface area (Å²) in [5.41, 5.74) is 1.74. The highest BCUT2D eigenvalue weighted by molar-refractivity contribution is 6.31. The van der Waals surface area contributed by atoms with Crippen LogP contribution in [0.2, 0.25) is 5.02 Å². The molecule has 7 heteroatoms. The number of halogens is 1. The molecular weight excluding hydrogens is 292 g/mol. The van der Waals surface area contributed by atoms with Crippen molar-refractivity contribution in [3.8, 4) is 5.69 Å². The molecule has 1 atom stereocenters. The zero-order chi connectivity index (χ0) is 15.4. The van der Waals surface area contributed by atoms with Crippen molar-refractivity contribution < 1.29 is 9.53 Å². The number of carbonyl (C=O) groups is 1. The van der Waals surface area contributed by atoms with Gasteiger partial charge in [-0.2, -0.15) is 0 Å². The third kappa shape index (κ3) is 3.40. The van der Waals surface area contributed by atoms with Crippen LogP contribution in [-0.4, -0.2) is 34.4 Å². The number of methoxy groups -OCH3 is 1. The lowest BCUT2D eigenvalue weighted by atomic mass is 10.1. The molecule has 1 aromatic heterocycles. The van der Waals surface area contributed by atoms with Crippen LogP contribution in [0.4, 0.5) is 0 Å². The molecule has 1 aromatic carbocycles. The highest BCUT2D eigenvalue weighted by Gasteiger charge is 2.14. The highest BCUT2D eigenvalue weighted by atomic mass is 35.5. The van der Waals surface area contributed by atoms with Gasteiger partial charge in [0.25, 0.3) is 5.82 Å². The second-order valence-corrected chi connectivity index (χ2v) is 4.90. The summed E-state index contributed by atoms with van der Waals surface area (Å²) in [6, 6.07) is 5.77. The van der Waals surface area contributed by atoms with E-state index in [1.807, 2.05) is 19.1 Å². The van der Waals surface area contributed by atoms with E-state index in [4.69, 9.17) is 11.6 Å². The molecule has 0 bridgehead atoms. The van der Waals surface area contributed by atoms with Gasteiger partial charge in [-0.05, 0) is 31.2 Å². The zero-order valence-corrected chi connectivity index (χ0v) is 12.9. The van der Waals surface area contributed by atoms with Gasteiger partial charge in [0, 0.05) is 11.1 Å². The number of aromatic nitrogens is 3. The van der Waals surface area contributed by atoms with Gasteiger partial charge in [-0.15, -0.1) is 5.10 Å².